The van der Waals surface area contributed by atoms with E-state index in [9.17, 15) is 13.8 Å². The number of rotatable bonds is 4. The molecule has 1 atom stereocenters. The van der Waals surface area contributed by atoms with Crippen molar-refractivity contribution in [3.63, 3.8) is 0 Å². The van der Waals surface area contributed by atoms with Crippen LogP contribution in [0.2, 0.25) is 0 Å². The fourth-order valence-electron chi connectivity index (χ4n) is 1.57. The van der Waals surface area contributed by atoms with Gasteiger partial charge in [-0.25, -0.2) is 13.8 Å². The number of amides is 1. The molecule has 0 saturated carbocycles. The van der Waals surface area contributed by atoms with Crippen molar-refractivity contribution in [1.29, 1.82) is 0 Å². The number of furan rings is 1. The molecule has 0 radical (unpaired) electrons. The van der Waals surface area contributed by atoms with Crippen LogP contribution in [0.3, 0.4) is 0 Å². The van der Waals surface area contributed by atoms with Crippen molar-refractivity contribution in [3.05, 3.63) is 53.8 Å². The van der Waals surface area contributed by atoms with Gasteiger partial charge in [0.05, 0.1) is 0 Å². The lowest BCUT2D eigenvalue weighted by atomic mass is 10.2. The van der Waals surface area contributed by atoms with Crippen LogP contribution in [-0.4, -0.2) is 27.6 Å². The fraction of sp³-hybridized carbons (Fsp3) is 0.143. The van der Waals surface area contributed by atoms with Gasteiger partial charge in [0.25, 0.3) is 0 Å². The van der Waals surface area contributed by atoms with Crippen molar-refractivity contribution in [1.82, 2.24) is 0 Å². The third-order valence-corrected chi connectivity index (χ3v) is 4.08. The summed E-state index contributed by atoms with van der Waals surface area (Å²) in [4.78, 5) is 22.3. The molecule has 1 N–H and O–H groups in total. The zero-order valence-corrected chi connectivity index (χ0v) is 12.4. The van der Waals surface area contributed by atoms with Crippen LogP contribution >= 0.6 is 0 Å². The molecule has 0 aliphatic rings. The van der Waals surface area contributed by atoms with Gasteiger partial charge in [-0.15, -0.1) is 4.36 Å². The van der Waals surface area contributed by atoms with Gasteiger partial charge in [0.2, 0.25) is 5.76 Å². The third-order valence-electron chi connectivity index (χ3n) is 2.62. The second kappa shape index (κ2) is 6.44. The Balaban J connectivity index is 2.10. The number of hydrogen-bond acceptors (Lipinski definition) is 5. The van der Waals surface area contributed by atoms with Crippen LogP contribution in [0.4, 0.5) is 4.79 Å². The lowest BCUT2D eigenvalue weighted by Gasteiger charge is -2.03. The minimum Gasteiger partial charge on any atom is -0.475 e. The number of carboxylic acids is 1. The standard InChI is InChI=1S/C14H13NO6S/c1-22(19,12-8-7-11(21-12)13(16)17)15-14(18)20-9-10-5-3-2-4-6-10/h2-8H,9H2,1H3,(H,16,17). The number of hydrogen-bond donors (Lipinski definition) is 1. The smallest absolute Gasteiger partial charge is 0.442 e. The highest BCUT2D eigenvalue weighted by Gasteiger charge is 2.17. The normalized spacial score (nSPS) is 13.1. The van der Waals surface area contributed by atoms with Crippen molar-refractivity contribution in [3.8, 4) is 0 Å². The fourth-order valence-corrected chi connectivity index (χ4v) is 2.56. The molecule has 1 amide bonds. The van der Waals surface area contributed by atoms with Crippen LogP contribution in [-0.2, 0) is 21.1 Å². The summed E-state index contributed by atoms with van der Waals surface area (Å²) in [5, 5.41) is 8.55. The molecule has 22 heavy (non-hydrogen) atoms. The summed E-state index contributed by atoms with van der Waals surface area (Å²) < 4.78 is 25.5. The summed E-state index contributed by atoms with van der Waals surface area (Å²) >= 11 is 0. The van der Waals surface area contributed by atoms with E-state index in [4.69, 9.17) is 14.3 Å². The highest BCUT2D eigenvalue weighted by atomic mass is 32.2. The number of carbonyl (C=O) groups is 2. The molecule has 0 saturated heterocycles. The Morgan fingerprint density at radius 2 is 1.91 bits per heavy atom. The molecule has 0 aliphatic carbocycles. The predicted octanol–water partition coefficient (Wildman–Crippen LogP) is 2.77. The molecule has 1 heterocycles. The largest absolute Gasteiger partial charge is 0.475 e. The average Bonchev–Trinajstić information content (AvgIpc) is 2.97. The van der Waals surface area contributed by atoms with E-state index in [1.54, 1.807) is 24.3 Å². The molecule has 0 bridgehead atoms. The van der Waals surface area contributed by atoms with Gasteiger partial charge in [-0.2, -0.15) is 0 Å². The quantitative estimate of drug-likeness (QED) is 0.927. The molecular weight excluding hydrogens is 310 g/mol. The summed E-state index contributed by atoms with van der Waals surface area (Å²) in [6, 6.07) is 11.3. The van der Waals surface area contributed by atoms with Gasteiger partial charge in [0, 0.05) is 6.26 Å². The Morgan fingerprint density at radius 1 is 1.23 bits per heavy atom. The number of aromatic carboxylic acids is 1. The first-order valence-electron chi connectivity index (χ1n) is 6.14. The van der Waals surface area contributed by atoms with E-state index in [2.05, 4.69) is 4.36 Å². The molecule has 0 spiro atoms. The van der Waals surface area contributed by atoms with E-state index >= 15 is 0 Å². The second-order valence-electron chi connectivity index (χ2n) is 4.36. The maximum absolute atomic E-state index is 12.3. The van der Waals surface area contributed by atoms with Gasteiger partial charge in [0.15, 0.2) is 5.09 Å². The monoisotopic (exact) mass is 323 g/mol. The maximum Gasteiger partial charge on any atom is 0.442 e. The van der Waals surface area contributed by atoms with Gasteiger partial charge in [0.1, 0.15) is 16.3 Å². The van der Waals surface area contributed by atoms with Crippen LogP contribution in [0.25, 0.3) is 0 Å². The highest BCUT2D eigenvalue weighted by Crippen LogP contribution is 2.16. The number of ether oxygens (including phenoxy) is 1. The molecule has 2 aromatic rings. The Labute approximate surface area is 126 Å². The third kappa shape index (κ3) is 3.95. The number of carboxylic acid groups (broad SMARTS) is 1. The van der Waals surface area contributed by atoms with E-state index in [0.717, 1.165) is 11.6 Å². The molecule has 116 valence electrons. The first-order valence-corrected chi connectivity index (χ1v) is 8.07. The van der Waals surface area contributed by atoms with Crippen LogP contribution in [0.5, 0.6) is 0 Å². The zero-order valence-electron chi connectivity index (χ0n) is 11.6. The van der Waals surface area contributed by atoms with Gasteiger partial charge >= 0.3 is 12.1 Å². The number of nitrogens with zero attached hydrogens (tertiary/aromatic N) is 1. The molecule has 1 unspecified atom stereocenters. The summed E-state index contributed by atoms with van der Waals surface area (Å²) in [5.74, 6) is -1.68. The minimum absolute atomic E-state index is 0.00275. The van der Waals surface area contributed by atoms with Gasteiger partial charge < -0.3 is 14.3 Å². The predicted molar refractivity (Wildman–Crippen MR) is 77.1 cm³/mol. The first-order chi connectivity index (χ1) is 10.4. The number of benzene rings is 1. The number of carbonyl (C=O) groups excluding carboxylic acids is 1. The van der Waals surface area contributed by atoms with Crippen LogP contribution < -0.4 is 0 Å². The van der Waals surface area contributed by atoms with Gasteiger partial charge in [-0.3, -0.25) is 0 Å². The molecule has 7 nitrogen and oxygen atoms in total. The van der Waals surface area contributed by atoms with Gasteiger partial charge in [-0.1, -0.05) is 30.3 Å². The molecule has 1 aromatic carbocycles. The Hall–Kier alpha value is -2.61. The summed E-state index contributed by atoms with van der Waals surface area (Å²) in [6.07, 6.45) is 0.158. The Bertz CT molecular complexity index is 802. The maximum atomic E-state index is 12.3. The van der Waals surface area contributed by atoms with E-state index in [1.165, 1.54) is 12.3 Å². The summed E-state index contributed by atoms with van der Waals surface area (Å²) in [6.45, 7) is -0.00275. The highest BCUT2D eigenvalue weighted by molar-refractivity contribution is 7.93. The second-order valence-corrected chi connectivity index (χ2v) is 6.55. The van der Waals surface area contributed by atoms with E-state index in [-0.39, 0.29) is 17.5 Å². The van der Waals surface area contributed by atoms with E-state index < -0.39 is 21.8 Å². The van der Waals surface area contributed by atoms with Crippen molar-refractivity contribution >= 4 is 21.8 Å². The lowest BCUT2D eigenvalue weighted by molar-refractivity contribution is 0.0656. The van der Waals surface area contributed by atoms with Gasteiger partial charge in [-0.05, 0) is 17.7 Å². The molecule has 0 aliphatic heterocycles. The van der Waals surface area contributed by atoms with Crippen LogP contribution in [0.1, 0.15) is 16.1 Å². The SMILES string of the molecule is CS(=O)(=NC(=O)OCc1ccccc1)c1ccc(C(=O)O)o1. The molecule has 1 aromatic heterocycles. The summed E-state index contributed by atoms with van der Waals surface area (Å²) in [5.41, 5.74) is 0.764. The van der Waals surface area contributed by atoms with Crippen LogP contribution in [0, 0.1) is 0 Å². The first kappa shape index (κ1) is 15.8. The summed E-state index contributed by atoms with van der Waals surface area (Å²) in [7, 11) is -3.21. The lowest BCUT2D eigenvalue weighted by Crippen LogP contribution is -2.05. The van der Waals surface area contributed by atoms with Crippen molar-refractivity contribution in [2.45, 2.75) is 11.7 Å². The molecule has 2 rings (SSSR count). The molecular formula is C14H13NO6S. The van der Waals surface area contributed by atoms with Crippen molar-refractivity contribution in [2.75, 3.05) is 6.26 Å². The van der Waals surface area contributed by atoms with E-state index in [0.29, 0.717) is 0 Å². The Morgan fingerprint density at radius 3 is 2.50 bits per heavy atom. The van der Waals surface area contributed by atoms with Crippen LogP contribution in [0.15, 0.2) is 56.3 Å². The minimum atomic E-state index is -3.21. The van der Waals surface area contributed by atoms with E-state index in [1.807, 2.05) is 6.07 Å². The molecule has 0 fully saturated rings. The van der Waals surface area contributed by atoms with Crippen molar-refractivity contribution in [2.24, 2.45) is 4.36 Å². The van der Waals surface area contributed by atoms with Crippen molar-refractivity contribution < 1.29 is 28.1 Å². The Kier molecular flexibility index (Phi) is 4.62. The average molecular weight is 323 g/mol. The topological polar surface area (TPSA) is 106 Å². The zero-order chi connectivity index (χ0) is 16.2. The molecule has 8 heteroatoms.